The summed E-state index contributed by atoms with van der Waals surface area (Å²) in [6.07, 6.45) is 7.20. The van der Waals surface area contributed by atoms with Crippen molar-refractivity contribution in [2.75, 3.05) is 6.54 Å². The van der Waals surface area contributed by atoms with Crippen molar-refractivity contribution in [2.24, 2.45) is 17.3 Å². The molecule has 1 aliphatic rings. The van der Waals surface area contributed by atoms with Crippen LogP contribution in [0.3, 0.4) is 0 Å². The third-order valence-corrected chi connectivity index (χ3v) is 4.42. The number of nitrogens with zero attached hydrogens (tertiary/aromatic N) is 4. The summed E-state index contributed by atoms with van der Waals surface area (Å²) >= 11 is 0. The van der Waals surface area contributed by atoms with Gasteiger partial charge in [-0.3, -0.25) is 14.2 Å². The van der Waals surface area contributed by atoms with Crippen LogP contribution in [-0.4, -0.2) is 27.7 Å². The monoisotopic (exact) mass is 337 g/mol. The van der Waals surface area contributed by atoms with E-state index in [-0.39, 0.29) is 11.5 Å². The first-order chi connectivity index (χ1) is 12.0. The van der Waals surface area contributed by atoms with Crippen LogP contribution in [0, 0.1) is 19.3 Å². The highest BCUT2D eigenvalue weighted by Crippen LogP contribution is 2.36. The van der Waals surface area contributed by atoms with Crippen LogP contribution in [0.5, 0.6) is 0 Å². The number of nitrogens with one attached hydrogen (secondary N) is 1. The summed E-state index contributed by atoms with van der Waals surface area (Å²) in [6.45, 7) is 2.21. The molecule has 0 radical (unpaired) electrons. The van der Waals surface area contributed by atoms with Crippen molar-refractivity contribution in [3.63, 3.8) is 0 Å². The number of aromatic nitrogens is 2. The van der Waals surface area contributed by atoms with Crippen molar-refractivity contribution < 1.29 is 4.79 Å². The van der Waals surface area contributed by atoms with Gasteiger partial charge in [0.05, 0.1) is 10.9 Å². The lowest BCUT2D eigenvalue weighted by Crippen LogP contribution is -2.28. The molecule has 3 rings (SSSR count). The van der Waals surface area contributed by atoms with Crippen molar-refractivity contribution in [1.29, 1.82) is 0 Å². The normalized spacial score (nSPS) is 14.3. The SMILES string of the molecule is C#CCCC1(CCNC(=O)c2ccc3nc(C)n(C)c(=O)c3c2)N=N1. The van der Waals surface area contributed by atoms with E-state index in [2.05, 4.69) is 26.4 Å². The van der Waals surface area contributed by atoms with E-state index in [1.165, 1.54) is 4.57 Å². The van der Waals surface area contributed by atoms with Crippen molar-refractivity contribution in [3.05, 3.63) is 39.9 Å². The highest BCUT2D eigenvalue weighted by atomic mass is 16.1. The summed E-state index contributed by atoms with van der Waals surface area (Å²) in [5.74, 6) is 2.96. The van der Waals surface area contributed by atoms with Gasteiger partial charge in [-0.05, 0) is 25.1 Å². The van der Waals surface area contributed by atoms with Crippen LogP contribution in [-0.2, 0) is 7.05 Å². The summed E-state index contributed by atoms with van der Waals surface area (Å²) < 4.78 is 1.47. The van der Waals surface area contributed by atoms with Gasteiger partial charge in [0.1, 0.15) is 5.82 Å². The highest BCUT2D eigenvalue weighted by Gasteiger charge is 2.38. The molecule has 0 saturated carbocycles. The number of benzene rings is 1. The molecule has 2 heterocycles. The molecule has 0 spiro atoms. The molecule has 0 saturated heterocycles. The minimum absolute atomic E-state index is 0.166. The van der Waals surface area contributed by atoms with E-state index in [9.17, 15) is 9.59 Å². The molecule has 0 unspecified atom stereocenters. The number of carbonyl (C=O) groups excluding carboxylic acids is 1. The first kappa shape index (κ1) is 16.8. The summed E-state index contributed by atoms with van der Waals surface area (Å²) in [6, 6.07) is 4.95. The van der Waals surface area contributed by atoms with Crippen LogP contribution in [0.2, 0.25) is 0 Å². The number of rotatable bonds is 6. The topological polar surface area (TPSA) is 88.7 Å². The van der Waals surface area contributed by atoms with E-state index >= 15 is 0 Å². The third kappa shape index (κ3) is 3.43. The average Bonchev–Trinajstić information content (AvgIpc) is 3.38. The Kier molecular flexibility index (Phi) is 4.36. The average molecular weight is 337 g/mol. The molecule has 7 nitrogen and oxygen atoms in total. The molecule has 128 valence electrons. The van der Waals surface area contributed by atoms with E-state index in [0.29, 0.717) is 48.1 Å². The summed E-state index contributed by atoms with van der Waals surface area (Å²) in [4.78, 5) is 29.0. The van der Waals surface area contributed by atoms with Crippen LogP contribution < -0.4 is 10.9 Å². The van der Waals surface area contributed by atoms with Crippen LogP contribution in [0.1, 0.15) is 35.4 Å². The minimum Gasteiger partial charge on any atom is -0.352 e. The fourth-order valence-corrected chi connectivity index (χ4v) is 2.67. The summed E-state index contributed by atoms with van der Waals surface area (Å²) in [5.41, 5.74) is 0.431. The quantitative estimate of drug-likeness (QED) is 0.817. The maximum atomic E-state index is 12.3. The van der Waals surface area contributed by atoms with Crippen LogP contribution in [0.25, 0.3) is 10.9 Å². The zero-order chi connectivity index (χ0) is 18.0. The Morgan fingerprint density at radius 2 is 2.12 bits per heavy atom. The van der Waals surface area contributed by atoms with Gasteiger partial charge in [-0.2, -0.15) is 10.2 Å². The maximum absolute atomic E-state index is 12.3. The largest absolute Gasteiger partial charge is 0.352 e. The zero-order valence-electron chi connectivity index (χ0n) is 14.2. The van der Waals surface area contributed by atoms with E-state index in [4.69, 9.17) is 6.42 Å². The Bertz CT molecular complexity index is 962. The molecule has 0 atom stereocenters. The lowest BCUT2D eigenvalue weighted by Gasteiger charge is -2.10. The van der Waals surface area contributed by atoms with Gasteiger partial charge in [-0.25, -0.2) is 4.98 Å². The fourth-order valence-electron chi connectivity index (χ4n) is 2.67. The van der Waals surface area contributed by atoms with Gasteiger partial charge in [0.25, 0.3) is 11.5 Å². The van der Waals surface area contributed by atoms with E-state index in [0.717, 1.165) is 0 Å². The minimum atomic E-state index is -0.416. The summed E-state index contributed by atoms with van der Waals surface area (Å²) in [5, 5.41) is 11.3. The molecule has 2 aromatic rings. The smallest absolute Gasteiger partial charge is 0.261 e. The van der Waals surface area contributed by atoms with Gasteiger partial charge in [-0.1, -0.05) is 0 Å². The van der Waals surface area contributed by atoms with Gasteiger partial charge in [0, 0.05) is 38.4 Å². The maximum Gasteiger partial charge on any atom is 0.261 e. The zero-order valence-corrected chi connectivity index (χ0v) is 14.2. The molecule has 1 aromatic heterocycles. The number of amides is 1. The van der Waals surface area contributed by atoms with Crippen molar-refractivity contribution >= 4 is 16.8 Å². The second-order valence-corrected chi connectivity index (χ2v) is 6.15. The van der Waals surface area contributed by atoms with Gasteiger partial charge < -0.3 is 5.32 Å². The highest BCUT2D eigenvalue weighted by molar-refractivity contribution is 5.97. The van der Waals surface area contributed by atoms with Gasteiger partial charge in [0.2, 0.25) is 0 Å². The fraction of sp³-hybridized carbons (Fsp3) is 0.389. The van der Waals surface area contributed by atoms with Crippen LogP contribution >= 0.6 is 0 Å². The molecule has 0 fully saturated rings. The molecule has 1 aromatic carbocycles. The summed E-state index contributed by atoms with van der Waals surface area (Å²) in [7, 11) is 1.66. The van der Waals surface area contributed by atoms with Crippen molar-refractivity contribution in [2.45, 2.75) is 31.8 Å². The van der Waals surface area contributed by atoms with E-state index < -0.39 is 5.66 Å². The Morgan fingerprint density at radius 1 is 1.36 bits per heavy atom. The molecular weight excluding hydrogens is 318 g/mol. The molecule has 7 heteroatoms. The third-order valence-electron chi connectivity index (χ3n) is 4.42. The standard InChI is InChI=1S/C18H19N5O2/c1-4-5-8-18(21-22-18)9-10-19-16(24)13-6-7-15-14(11-13)17(25)23(3)12(2)20-15/h1,6-7,11H,5,8-10H2,2-3H3,(H,19,24). The number of hydrogen-bond acceptors (Lipinski definition) is 5. The Morgan fingerprint density at radius 3 is 2.80 bits per heavy atom. The lowest BCUT2D eigenvalue weighted by atomic mass is 10.0. The Hall–Kier alpha value is -3.01. The van der Waals surface area contributed by atoms with Crippen molar-refractivity contribution in [1.82, 2.24) is 14.9 Å². The van der Waals surface area contributed by atoms with E-state index in [1.54, 1.807) is 32.2 Å². The molecule has 1 N–H and O–H groups in total. The predicted octanol–water partition coefficient (Wildman–Crippen LogP) is 1.94. The van der Waals surface area contributed by atoms with E-state index in [1.807, 2.05) is 0 Å². The second kappa shape index (κ2) is 6.48. The number of fused-ring (bicyclic) bond motifs is 1. The van der Waals surface area contributed by atoms with Gasteiger partial charge >= 0.3 is 0 Å². The van der Waals surface area contributed by atoms with Gasteiger partial charge in [-0.15, -0.1) is 12.3 Å². The van der Waals surface area contributed by atoms with Crippen molar-refractivity contribution in [3.8, 4) is 12.3 Å². The van der Waals surface area contributed by atoms with Gasteiger partial charge in [0.15, 0.2) is 5.66 Å². The van der Waals surface area contributed by atoms with Crippen LogP contribution in [0.15, 0.2) is 33.2 Å². The Balaban J connectivity index is 1.69. The number of aryl methyl sites for hydroxylation is 1. The number of terminal acetylenes is 1. The number of hydrogen-bond donors (Lipinski definition) is 1. The predicted molar refractivity (Wildman–Crippen MR) is 94.3 cm³/mol. The Labute approximate surface area is 145 Å². The molecule has 0 bridgehead atoms. The first-order valence-electron chi connectivity index (χ1n) is 8.09. The molecule has 0 aliphatic carbocycles. The molecule has 25 heavy (non-hydrogen) atoms. The molecule has 1 aliphatic heterocycles. The second-order valence-electron chi connectivity index (χ2n) is 6.15. The molecular formula is C18H19N5O2. The van der Waals surface area contributed by atoms with Crippen LogP contribution in [0.4, 0.5) is 0 Å². The lowest BCUT2D eigenvalue weighted by molar-refractivity contribution is 0.0952. The first-order valence-corrected chi connectivity index (χ1v) is 8.09. The number of carbonyl (C=O) groups is 1. The molecule has 1 amide bonds.